The van der Waals surface area contributed by atoms with Gasteiger partial charge in [0.25, 0.3) is 5.91 Å². The van der Waals surface area contributed by atoms with Gasteiger partial charge < -0.3 is 24.6 Å². The average molecular weight is 443 g/mol. The first-order valence-electron chi connectivity index (χ1n) is 10.7. The third kappa shape index (κ3) is 5.01. The minimum absolute atomic E-state index is 0.156. The van der Waals surface area contributed by atoms with Crippen LogP contribution >= 0.6 is 0 Å². The van der Waals surface area contributed by atoms with E-state index in [1.807, 2.05) is 36.4 Å². The van der Waals surface area contributed by atoms with Crippen LogP contribution in [0.2, 0.25) is 0 Å². The molecule has 4 rings (SSSR count). The fraction of sp³-hybridized carbons (Fsp3) is 0.231. The Labute approximate surface area is 193 Å². The molecule has 3 aromatic carbocycles. The van der Waals surface area contributed by atoms with Gasteiger partial charge in [0.2, 0.25) is 0 Å². The highest BCUT2D eigenvalue weighted by Crippen LogP contribution is 2.27. The zero-order valence-electron chi connectivity index (χ0n) is 18.7. The van der Waals surface area contributed by atoms with Crippen molar-refractivity contribution in [2.24, 2.45) is 0 Å². The first kappa shape index (κ1) is 22.0. The largest absolute Gasteiger partial charge is 0.497 e. The van der Waals surface area contributed by atoms with Crippen LogP contribution in [-0.2, 0) is 0 Å². The van der Waals surface area contributed by atoms with Crippen molar-refractivity contribution >= 4 is 23.0 Å². The Bertz CT molecular complexity index is 1150. The molecule has 1 N–H and O–H groups in total. The van der Waals surface area contributed by atoms with Gasteiger partial charge in [-0.15, -0.1) is 0 Å². The van der Waals surface area contributed by atoms with Crippen LogP contribution in [-0.4, -0.2) is 46.3 Å². The number of carbonyl (C=O) groups excluding carboxylic acids is 1. The molecule has 7 heteroatoms. The summed E-state index contributed by atoms with van der Waals surface area (Å²) in [6.45, 7) is 3.48. The van der Waals surface area contributed by atoms with Crippen molar-refractivity contribution in [1.29, 1.82) is 5.26 Å². The summed E-state index contributed by atoms with van der Waals surface area (Å²) in [7, 11) is 3.18. The molecule has 0 unspecified atom stereocenters. The van der Waals surface area contributed by atoms with Crippen molar-refractivity contribution in [1.82, 2.24) is 0 Å². The molecule has 0 radical (unpaired) electrons. The van der Waals surface area contributed by atoms with Crippen LogP contribution in [0.1, 0.15) is 15.9 Å². The number of benzene rings is 3. The number of nitrogens with one attached hydrogen (secondary N) is 1. The molecule has 33 heavy (non-hydrogen) atoms. The van der Waals surface area contributed by atoms with E-state index in [1.165, 1.54) is 0 Å². The minimum atomic E-state index is -0.156. The summed E-state index contributed by atoms with van der Waals surface area (Å²) in [5.74, 6) is 1.16. The van der Waals surface area contributed by atoms with E-state index < -0.39 is 0 Å². The number of carbonyl (C=O) groups is 1. The molecule has 1 aliphatic rings. The Kier molecular flexibility index (Phi) is 6.65. The maximum Gasteiger partial charge on any atom is 0.255 e. The molecule has 0 aromatic heterocycles. The van der Waals surface area contributed by atoms with Crippen LogP contribution in [0, 0.1) is 11.3 Å². The molecule has 168 valence electrons. The van der Waals surface area contributed by atoms with Crippen LogP contribution in [0.3, 0.4) is 0 Å². The summed E-state index contributed by atoms with van der Waals surface area (Å²) in [5, 5.41) is 12.1. The summed E-state index contributed by atoms with van der Waals surface area (Å²) in [4.78, 5) is 17.1. The Morgan fingerprint density at radius 3 is 2.03 bits per heavy atom. The smallest absolute Gasteiger partial charge is 0.255 e. The number of methoxy groups -OCH3 is 2. The molecule has 1 saturated heterocycles. The zero-order chi connectivity index (χ0) is 23.2. The lowest BCUT2D eigenvalue weighted by molar-refractivity contribution is 0.102. The average Bonchev–Trinajstić information content (AvgIpc) is 2.89. The lowest BCUT2D eigenvalue weighted by atomic mass is 10.1. The molecular formula is C26H26N4O3. The molecule has 1 fully saturated rings. The molecule has 1 aliphatic heterocycles. The quantitative estimate of drug-likeness (QED) is 0.618. The van der Waals surface area contributed by atoms with Crippen molar-refractivity contribution in [2.75, 3.05) is 55.5 Å². The highest BCUT2D eigenvalue weighted by atomic mass is 16.5. The number of nitriles is 1. The Morgan fingerprint density at radius 1 is 0.848 bits per heavy atom. The van der Waals surface area contributed by atoms with Crippen LogP contribution in [0.15, 0.2) is 66.7 Å². The van der Waals surface area contributed by atoms with E-state index in [1.54, 1.807) is 44.6 Å². The highest BCUT2D eigenvalue weighted by molar-refractivity contribution is 6.04. The number of piperazine rings is 1. The summed E-state index contributed by atoms with van der Waals surface area (Å²) < 4.78 is 10.5. The van der Waals surface area contributed by atoms with Gasteiger partial charge in [-0.2, -0.15) is 5.26 Å². The fourth-order valence-electron chi connectivity index (χ4n) is 3.89. The van der Waals surface area contributed by atoms with Crippen molar-refractivity contribution in [3.8, 4) is 17.6 Å². The van der Waals surface area contributed by atoms with Gasteiger partial charge >= 0.3 is 0 Å². The van der Waals surface area contributed by atoms with E-state index in [0.29, 0.717) is 22.6 Å². The van der Waals surface area contributed by atoms with E-state index in [4.69, 9.17) is 9.47 Å². The standard InChI is InChI=1S/C26H26N4O3/c1-32-24-11-4-19(5-12-24)26(31)28-21-6-9-22(10-7-21)29-13-15-30(16-14-29)23-8-3-20(18-27)25(17-23)33-2/h3-12,17H,13-16H2,1-2H3,(H,28,31). The van der Waals surface area contributed by atoms with E-state index in [2.05, 4.69) is 21.2 Å². The van der Waals surface area contributed by atoms with Crippen molar-refractivity contribution in [3.63, 3.8) is 0 Å². The first-order chi connectivity index (χ1) is 16.1. The second kappa shape index (κ2) is 9.96. The molecule has 0 bridgehead atoms. The Hall–Kier alpha value is -4.18. The number of ether oxygens (including phenoxy) is 2. The van der Waals surface area contributed by atoms with E-state index in [0.717, 1.165) is 43.2 Å². The number of anilines is 3. The number of hydrogen-bond donors (Lipinski definition) is 1. The molecule has 3 aromatic rings. The molecule has 1 amide bonds. The number of nitrogens with zero attached hydrogens (tertiary/aromatic N) is 3. The third-order valence-electron chi connectivity index (χ3n) is 5.79. The Balaban J connectivity index is 1.34. The first-order valence-corrected chi connectivity index (χ1v) is 10.7. The lowest BCUT2D eigenvalue weighted by Gasteiger charge is -2.37. The second-order valence-corrected chi connectivity index (χ2v) is 7.70. The van der Waals surface area contributed by atoms with Gasteiger partial charge in [0.05, 0.1) is 19.8 Å². The monoisotopic (exact) mass is 442 g/mol. The SMILES string of the molecule is COc1ccc(C(=O)Nc2ccc(N3CCN(c4ccc(C#N)c(OC)c4)CC3)cc2)cc1. The highest BCUT2D eigenvalue weighted by Gasteiger charge is 2.19. The zero-order valence-corrected chi connectivity index (χ0v) is 18.7. The summed E-state index contributed by atoms with van der Waals surface area (Å²) >= 11 is 0. The molecule has 7 nitrogen and oxygen atoms in total. The van der Waals surface area contributed by atoms with Crippen molar-refractivity contribution < 1.29 is 14.3 Å². The normalized spacial score (nSPS) is 13.2. The van der Waals surface area contributed by atoms with Gasteiger partial charge in [0, 0.05) is 54.9 Å². The third-order valence-corrected chi connectivity index (χ3v) is 5.79. The van der Waals surface area contributed by atoms with E-state index >= 15 is 0 Å². The molecule has 0 spiro atoms. The summed E-state index contributed by atoms with van der Waals surface area (Å²) in [6.07, 6.45) is 0. The maximum absolute atomic E-state index is 12.5. The molecule has 1 heterocycles. The van der Waals surface area contributed by atoms with Gasteiger partial charge in [0.1, 0.15) is 17.6 Å². The van der Waals surface area contributed by atoms with Crippen LogP contribution in [0.4, 0.5) is 17.1 Å². The molecule has 0 atom stereocenters. The number of hydrogen-bond acceptors (Lipinski definition) is 6. The van der Waals surface area contributed by atoms with Crippen LogP contribution < -0.4 is 24.6 Å². The number of rotatable bonds is 6. The second-order valence-electron chi connectivity index (χ2n) is 7.70. The van der Waals surface area contributed by atoms with Gasteiger partial charge in [-0.1, -0.05) is 0 Å². The van der Waals surface area contributed by atoms with E-state index in [-0.39, 0.29) is 5.91 Å². The lowest BCUT2D eigenvalue weighted by Crippen LogP contribution is -2.46. The molecule has 0 aliphatic carbocycles. The van der Waals surface area contributed by atoms with Crippen LogP contribution in [0.25, 0.3) is 0 Å². The molecular weight excluding hydrogens is 416 g/mol. The van der Waals surface area contributed by atoms with Crippen molar-refractivity contribution in [2.45, 2.75) is 0 Å². The van der Waals surface area contributed by atoms with Gasteiger partial charge in [-0.05, 0) is 60.7 Å². The maximum atomic E-state index is 12.5. The van der Waals surface area contributed by atoms with Gasteiger partial charge in [-0.25, -0.2) is 0 Å². The molecule has 0 saturated carbocycles. The van der Waals surface area contributed by atoms with Crippen LogP contribution in [0.5, 0.6) is 11.5 Å². The number of amides is 1. The summed E-state index contributed by atoms with van der Waals surface area (Å²) in [5.41, 5.74) is 4.05. The fourth-order valence-corrected chi connectivity index (χ4v) is 3.89. The Morgan fingerprint density at radius 2 is 1.45 bits per heavy atom. The van der Waals surface area contributed by atoms with E-state index in [9.17, 15) is 10.1 Å². The van der Waals surface area contributed by atoms with Crippen molar-refractivity contribution in [3.05, 3.63) is 77.9 Å². The topological polar surface area (TPSA) is 77.8 Å². The predicted molar refractivity (Wildman–Crippen MR) is 130 cm³/mol. The summed E-state index contributed by atoms with van der Waals surface area (Å²) in [6, 6.07) is 22.8. The minimum Gasteiger partial charge on any atom is -0.497 e. The van der Waals surface area contributed by atoms with Gasteiger partial charge in [0.15, 0.2) is 0 Å². The van der Waals surface area contributed by atoms with Gasteiger partial charge in [-0.3, -0.25) is 4.79 Å². The predicted octanol–water partition coefficient (Wildman–Crippen LogP) is 4.15.